The largest absolute Gasteiger partial charge is 0.343 e. The molecule has 0 radical (unpaired) electrons. The number of nitrogens with zero attached hydrogens (tertiary/aromatic N) is 4. The molecule has 1 aliphatic rings. The Labute approximate surface area is 136 Å². The lowest BCUT2D eigenvalue weighted by Gasteiger charge is -2.28. The molecule has 21 heavy (non-hydrogen) atoms. The number of hydrogen-bond donors (Lipinski definition) is 2. The first-order chi connectivity index (χ1) is 9.51. The van der Waals surface area contributed by atoms with Gasteiger partial charge in [0.1, 0.15) is 0 Å². The standard InChI is InChI=1S/C12H15BrN6O.ClH/c1-12(6-14,7-2-3-7)17-10(20)9-16-11-15-4-8(13)5-19(11)18-9;/h4-5,7H,2-3,6,14H2,1H3,(H,17,20);1H. The summed E-state index contributed by atoms with van der Waals surface area (Å²) in [6.45, 7) is 2.37. The predicted octanol–water partition coefficient (Wildman–Crippen LogP) is 1.17. The number of rotatable bonds is 4. The van der Waals surface area contributed by atoms with E-state index in [9.17, 15) is 4.79 Å². The predicted molar refractivity (Wildman–Crippen MR) is 83.4 cm³/mol. The molecule has 9 heteroatoms. The van der Waals surface area contributed by atoms with Crippen molar-refractivity contribution in [2.75, 3.05) is 6.54 Å². The molecule has 0 bridgehead atoms. The Hall–Kier alpha value is -1.25. The summed E-state index contributed by atoms with van der Waals surface area (Å²) < 4.78 is 2.24. The number of amides is 1. The molecule has 1 fully saturated rings. The SMILES string of the molecule is CC(CN)(NC(=O)c1nc2ncc(Br)cn2n1)C1CC1.Cl. The second-order valence-corrected chi connectivity index (χ2v) is 6.22. The van der Waals surface area contributed by atoms with Gasteiger partial charge in [0.05, 0.1) is 10.0 Å². The lowest BCUT2D eigenvalue weighted by Crippen LogP contribution is -2.53. The molecule has 1 atom stereocenters. The first-order valence-corrected chi connectivity index (χ1v) is 7.21. The minimum Gasteiger partial charge on any atom is -0.343 e. The van der Waals surface area contributed by atoms with Crippen molar-refractivity contribution in [3.63, 3.8) is 0 Å². The molecule has 1 amide bonds. The van der Waals surface area contributed by atoms with Crippen LogP contribution in [0.15, 0.2) is 16.9 Å². The molecule has 7 nitrogen and oxygen atoms in total. The van der Waals surface area contributed by atoms with Crippen LogP contribution in [0.1, 0.15) is 30.4 Å². The van der Waals surface area contributed by atoms with Gasteiger partial charge in [0.15, 0.2) is 0 Å². The van der Waals surface area contributed by atoms with Gasteiger partial charge in [-0.25, -0.2) is 9.50 Å². The third-order valence-electron chi connectivity index (χ3n) is 3.67. The summed E-state index contributed by atoms with van der Waals surface area (Å²) in [5.41, 5.74) is 5.40. The number of nitrogens with two attached hydrogens (primary N) is 1. The summed E-state index contributed by atoms with van der Waals surface area (Å²) in [4.78, 5) is 20.5. The number of nitrogens with one attached hydrogen (secondary N) is 1. The van der Waals surface area contributed by atoms with Crippen molar-refractivity contribution >= 4 is 40.0 Å². The van der Waals surface area contributed by atoms with Crippen LogP contribution >= 0.6 is 28.3 Å². The molecule has 2 heterocycles. The van der Waals surface area contributed by atoms with E-state index < -0.39 is 0 Å². The maximum Gasteiger partial charge on any atom is 0.291 e. The summed E-state index contributed by atoms with van der Waals surface area (Å²) in [5, 5.41) is 7.09. The summed E-state index contributed by atoms with van der Waals surface area (Å²) >= 11 is 3.30. The van der Waals surface area contributed by atoms with Gasteiger partial charge in [-0.1, -0.05) is 0 Å². The van der Waals surface area contributed by atoms with E-state index in [4.69, 9.17) is 5.73 Å². The minimum atomic E-state index is -0.386. The first kappa shape index (κ1) is 16.1. The molecule has 3 rings (SSSR count). The van der Waals surface area contributed by atoms with Gasteiger partial charge < -0.3 is 11.1 Å². The Bertz CT molecular complexity index is 673. The van der Waals surface area contributed by atoms with E-state index in [-0.39, 0.29) is 29.7 Å². The molecule has 2 aromatic rings. The van der Waals surface area contributed by atoms with Gasteiger partial charge in [-0.15, -0.1) is 17.5 Å². The van der Waals surface area contributed by atoms with Crippen LogP contribution in [-0.4, -0.2) is 37.6 Å². The van der Waals surface area contributed by atoms with E-state index >= 15 is 0 Å². The topological polar surface area (TPSA) is 98.2 Å². The fraction of sp³-hybridized carbons (Fsp3) is 0.500. The Morgan fingerprint density at radius 2 is 2.33 bits per heavy atom. The van der Waals surface area contributed by atoms with E-state index in [1.165, 1.54) is 4.52 Å². The molecule has 114 valence electrons. The van der Waals surface area contributed by atoms with Crippen LogP contribution in [0.5, 0.6) is 0 Å². The third-order valence-corrected chi connectivity index (χ3v) is 4.08. The maximum atomic E-state index is 12.3. The Morgan fingerprint density at radius 1 is 1.62 bits per heavy atom. The summed E-state index contributed by atoms with van der Waals surface area (Å²) in [5.74, 6) is 0.627. The van der Waals surface area contributed by atoms with Crippen molar-refractivity contribution in [2.24, 2.45) is 11.7 Å². The van der Waals surface area contributed by atoms with Crippen LogP contribution in [0.3, 0.4) is 0 Å². The molecular formula is C12H16BrClN6O. The Kier molecular flexibility index (Phi) is 4.50. The maximum absolute atomic E-state index is 12.3. The molecule has 1 saturated carbocycles. The average molecular weight is 376 g/mol. The molecule has 0 saturated heterocycles. The number of fused-ring (bicyclic) bond motifs is 1. The van der Waals surface area contributed by atoms with Crippen molar-refractivity contribution in [2.45, 2.75) is 25.3 Å². The fourth-order valence-corrected chi connectivity index (χ4v) is 2.51. The second-order valence-electron chi connectivity index (χ2n) is 5.30. The van der Waals surface area contributed by atoms with Gasteiger partial charge >= 0.3 is 0 Å². The lowest BCUT2D eigenvalue weighted by molar-refractivity contribution is 0.0887. The highest BCUT2D eigenvalue weighted by molar-refractivity contribution is 9.10. The average Bonchev–Trinajstić information content (AvgIpc) is 3.19. The Morgan fingerprint density at radius 3 is 2.95 bits per heavy atom. The molecule has 0 spiro atoms. The quantitative estimate of drug-likeness (QED) is 0.836. The van der Waals surface area contributed by atoms with E-state index in [1.807, 2.05) is 6.92 Å². The number of carbonyl (C=O) groups is 1. The Balaban J connectivity index is 0.00000161. The first-order valence-electron chi connectivity index (χ1n) is 6.42. The van der Waals surface area contributed by atoms with E-state index in [2.05, 4.69) is 36.3 Å². The number of aromatic nitrogens is 4. The van der Waals surface area contributed by atoms with Gasteiger partial charge in [-0.3, -0.25) is 4.79 Å². The van der Waals surface area contributed by atoms with Crippen LogP contribution in [-0.2, 0) is 0 Å². The second kappa shape index (κ2) is 5.86. The molecule has 3 N–H and O–H groups in total. The lowest BCUT2D eigenvalue weighted by atomic mass is 9.96. The smallest absolute Gasteiger partial charge is 0.291 e. The van der Waals surface area contributed by atoms with E-state index in [0.29, 0.717) is 18.2 Å². The van der Waals surface area contributed by atoms with Gasteiger partial charge in [0, 0.05) is 18.9 Å². The molecule has 1 unspecified atom stereocenters. The van der Waals surface area contributed by atoms with Crippen LogP contribution < -0.4 is 11.1 Å². The highest BCUT2D eigenvalue weighted by atomic mass is 79.9. The molecule has 0 aromatic carbocycles. The van der Waals surface area contributed by atoms with Gasteiger partial charge in [0.2, 0.25) is 5.82 Å². The zero-order valence-electron chi connectivity index (χ0n) is 11.4. The van der Waals surface area contributed by atoms with Crippen LogP contribution in [0.2, 0.25) is 0 Å². The van der Waals surface area contributed by atoms with Crippen molar-refractivity contribution in [1.82, 2.24) is 24.9 Å². The molecule has 2 aromatic heterocycles. The number of carbonyl (C=O) groups excluding carboxylic acids is 1. The van der Waals surface area contributed by atoms with E-state index in [1.54, 1.807) is 12.4 Å². The number of halogens is 2. The van der Waals surface area contributed by atoms with Gasteiger partial charge in [-0.2, -0.15) is 4.98 Å². The third kappa shape index (κ3) is 3.17. The van der Waals surface area contributed by atoms with Crippen LogP contribution in [0, 0.1) is 5.92 Å². The van der Waals surface area contributed by atoms with Gasteiger partial charge in [-0.05, 0) is 41.6 Å². The normalized spacial score (nSPS) is 17.1. The highest BCUT2D eigenvalue weighted by Gasteiger charge is 2.42. The van der Waals surface area contributed by atoms with Crippen molar-refractivity contribution < 1.29 is 4.79 Å². The van der Waals surface area contributed by atoms with Crippen LogP contribution in [0.4, 0.5) is 0 Å². The zero-order chi connectivity index (χ0) is 14.3. The monoisotopic (exact) mass is 374 g/mol. The number of hydrogen-bond acceptors (Lipinski definition) is 5. The fourth-order valence-electron chi connectivity index (χ4n) is 2.21. The molecular weight excluding hydrogens is 360 g/mol. The van der Waals surface area contributed by atoms with Crippen molar-refractivity contribution in [3.8, 4) is 0 Å². The van der Waals surface area contributed by atoms with Crippen molar-refractivity contribution in [1.29, 1.82) is 0 Å². The zero-order valence-corrected chi connectivity index (χ0v) is 13.8. The summed E-state index contributed by atoms with van der Waals surface area (Å²) in [6, 6.07) is 0. The summed E-state index contributed by atoms with van der Waals surface area (Å²) in [7, 11) is 0. The highest BCUT2D eigenvalue weighted by Crippen LogP contribution is 2.39. The molecule has 1 aliphatic carbocycles. The van der Waals surface area contributed by atoms with Crippen LogP contribution in [0.25, 0.3) is 5.78 Å². The van der Waals surface area contributed by atoms with Gasteiger partial charge in [0.25, 0.3) is 11.7 Å². The van der Waals surface area contributed by atoms with E-state index in [0.717, 1.165) is 17.3 Å². The molecule has 0 aliphatic heterocycles. The van der Waals surface area contributed by atoms with Crippen molar-refractivity contribution in [3.05, 3.63) is 22.7 Å². The minimum absolute atomic E-state index is 0. The summed E-state index contributed by atoms with van der Waals surface area (Å²) in [6.07, 6.45) is 5.51.